The van der Waals surface area contributed by atoms with Gasteiger partial charge in [0.15, 0.2) is 11.5 Å². The minimum absolute atomic E-state index is 0.0837. The van der Waals surface area contributed by atoms with Gasteiger partial charge in [0.25, 0.3) is 11.6 Å². The average Bonchev–Trinajstić information content (AvgIpc) is 2.78. The van der Waals surface area contributed by atoms with Crippen molar-refractivity contribution in [2.75, 3.05) is 27.4 Å². The summed E-state index contributed by atoms with van der Waals surface area (Å²) in [6.07, 6.45) is -2.67. The van der Waals surface area contributed by atoms with Crippen LogP contribution in [0.4, 0.5) is 13.2 Å². The minimum Gasteiger partial charge on any atom is -0.493 e. The quantitative estimate of drug-likeness (QED) is 0.420. The monoisotopic (exact) mass is 455 g/mol. The van der Waals surface area contributed by atoms with Crippen LogP contribution in [-0.2, 0) is 16.0 Å². The smallest absolute Gasteiger partial charge is 0.436 e. The molecule has 0 radical (unpaired) electrons. The predicted octanol–water partition coefficient (Wildman–Crippen LogP) is 2.48. The first kappa shape index (κ1) is 24.9. The Bertz CT molecular complexity index is 925. The van der Waals surface area contributed by atoms with E-state index in [1.54, 1.807) is 23.5 Å². The second-order valence-electron chi connectivity index (χ2n) is 6.53. The summed E-state index contributed by atoms with van der Waals surface area (Å²) in [6, 6.07) is 7.53. The highest BCUT2D eigenvalue weighted by atomic mass is 19.4. The van der Waals surface area contributed by atoms with Crippen molar-refractivity contribution in [2.24, 2.45) is 0 Å². The minimum atomic E-state index is -5.20. The molecule has 0 saturated heterocycles. The number of halogens is 3. The number of rotatable bonds is 10. The first-order valence-corrected chi connectivity index (χ1v) is 9.61. The number of nitrogens with zero attached hydrogens (tertiary/aromatic N) is 1. The van der Waals surface area contributed by atoms with Gasteiger partial charge in [0.1, 0.15) is 0 Å². The third-order valence-electron chi connectivity index (χ3n) is 4.48. The number of methoxy groups -OCH3 is 2. The number of esters is 1. The number of hydrogen-bond donors (Lipinski definition) is 2. The maximum atomic E-state index is 14.1. The summed E-state index contributed by atoms with van der Waals surface area (Å²) < 4.78 is 57.4. The SMILES string of the molecule is CCOC(=O)[C@](NCCc1ccc(OC)c(OC)c1)(NC(=O)c1cccnc1)C(F)(F)F. The molecule has 0 spiro atoms. The Hall–Kier alpha value is -3.34. The Balaban J connectivity index is 2.29. The molecule has 2 aromatic rings. The molecular formula is C21H24F3N3O5. The lowest BCUT2D eigenvalue weighted by Gasteiger charge is -2.34. The lowest BCUT2D eigenvalue weighted by atomic mass is 10.1. The summed E-state index contributed by atoms with van der Waals surface area (Å²) in [6.45, 7) is 0.740. The number of aromatic nitrogens is 1. The summed E-state index contributed by atoms with van der Waals surface area (Å²) in [4.78, 5) is 28.6. The van der Waals surface area contributed by atoms with E-state index in [1.165, 1.54) is 39.5 Å². The summed E-state index contributed by atoms with van der Waals surface area (Å²) in [5.74, 6) is -1.94. The Morgan fingerprint density at radius 3 is 2.38 bits per heavy atom. The third-order valence-corrected chi connectivity index (χ3v) is 4.48. The molecule has 2 N–H and O–H groups in total. The molecular weight excluding hydrogens is 431 g/mol. The van der Waals surface area contributed by atoms with Gasteiger partial charge in [-0.1, -0.05) is 6.07 Å². The van der Waals surface area contributed by atoms with Crippen molar-refractivity contribution in [3.05, 3.63) is 53.9 Å². The number of pyridine rings is 1. The number of carbonyl (C=O) groups excluding carboxylic acids is 2. The van der Waals surface area contributed by atoms with E-state index in [-0.39, 0.29) is 25.1 Å². The maximum absolute atomic E-state index is 14.1. The van der Waals surface area contributed by atoms with E-state index in [2.05, 4.69) is 15.0 Å². The molecule has 0 aliphatic heterocycles. The molecule has 0 fully saturated rings. The molecule has 2 rings (SSSR count). The van der Waals surface area contributed by atoms with Crippen molar-refractivity contribution < 1.29 is 37.0 Å². The van der Waals surface area contributed by atoms with Crippen LogP contribution in [0.2, 0.25) is 0 Å². The standard InChI is InChI=1S/C21H24F3N3O5/c1-4-32-19(29)20(21(22,23)24,27-18(28)15-6-5-10-25-13-15)26-11-9-14-7-8-16(30-2)17(12-14)31-3/h5-8,10,12-13,26H,4,9,11H2,1-3H3,(H,27,28)/t20-/m0/s1. The van der Waals surface area contributed by atoms with Crippen LogP contribution in [0.1, 0.15) is 22.8 Å². The van der Waals surface area contributed by atoms with Gasteiger partial charge in [-0.3, -0.25) is 15.1 Å². The molecule has 1 amide bonds. The van der Waals surface area contributed by atoms with Crippen molar-refractivity contribution in [2.45, 2.75) is 25.2 Å². The molecule has 0 aliphatic carbocycles. The highest BCUT2D eigenvalue weighted by Gasteiger charge is 2.63. The van der Waals surface area contributed by atoms with Gasteiger partial charge < -0.3 is 19.5 Å². The fourth-order valence-electron chi connectivity index (χ4n) is 2.86. The van der Waals surface area contributed by atoms with Gasteiger partial charge in [-0.2, -0.15) is 13.2 Å². The summed E-state index contributed by atoms with van der Waals surface area (Å²) >= 11 is 0. The molecule has 11 heteroatoms. The van der Waals surface area contributed by atoms with Gasteiger partial charge in [0.05, 0.1) is 26.4 Å². The van der Waals surface area contributed by atoms with Crippen molar-refractivity contribution in [1.29, 1.82) is 0 Å². The molecule has 0 aliphatic rings. The molecule has 1 aromatic carbocycles. The number of alkyl halides is 3. The lowest BCUT2D eigenvalue weighted by molar-refractivity contribution is -0.218. The number of amides is 1. The predicted molar refractivity (Wildman–Crippen MR) is 108 cm³/mol. The van der Waals surface area contributed by atoms with E-state index in [0.29, 0.717) is 17.1 Å². The van der Waals surface area contributed by atoms with E-state index in [4.69, 9.17) is 9.47 Å². The summed E-state index contributed by atoms with van der Waals surface area (Å²) in [5.41, 5.74) is -2.98. The topological polar surface area (TPSA) is 98.8 Å². The molecule has 0 bridgehead atoms. The number of benzene rings is 1. The zero-order chi connectivity index (χ0) is 23.8. The Labute approximate surface area is 183 Å². The number of nitrogens with one attached hydrogen (secondary N) is 2. The maximum Gasteiger partial charge on any atom is 0.436 e. The zero-order valence-electron chi connectivity index (χ0n) is 17.8. The van der Waals surface area contributed by atoms with Crippen LogP contribution >= 0.6 is 0 Å². The number of ether oxygens (including phenoxy) is 3. The molecule has 1 aromatic heterocycles. The Morgan fingerprint density at radius 1 is 1.09 bits per heavy atom. The second-order valence-corrected chi connectivity index (χ2v) is 6.53. The Kier molecular flexibility index (Phi) is 8.41. The molecule has 174 valence electrons. The molecule has 32 heavy (non-hydrogen) atoms. The largest absolute Gasteiger partial charge is 0.493 e. The van der Waals surface area contributed by atoms with E-state index >= 15 is 0 Å². The van der Waals surface area contributed by atoms with Gasteiger partial charge in [-0.25, -0.2) is 4.79 Å². The van der Waals surface area contributed by atoms with Crippen LogP contribution in [0.3, 0.4) is 0 Å². The van der Waals surface area contributed by atoms with Gasteiger partial charge in [-0.15, -0.1) is 0 Å². The third kappa shape index (κ3) is 5.67. The van der Waals surface area contributed by atoms with Crippen molar-refractivity contribution >= 4 is 11.9 Å². The van der Waals surface area contributed by atoms with Crippen molar-refractivity contribution in [1.82, 2.24) is 15.6 Å². The molecule has 1 atom stereocenters. The van der Waals surface area contributed by atoms with Crippen LogP contribution in [-0.4, -0.2) is 56.1 Å². The van der Waals surface area contributed by atoms with Crippen LogP contribution in [0.25, 0.3) is 0 Å². The fourth-order valence-corrected chi connectivity index (χ4v) is 2.86. The number of hydrogen-bond acceptors (Lipinski definition) is 7. The van der Waals surface area contributed by atoms with Crippen LogP contribution in [0.15, 0.2) is 42.7 Å². The first-order chi connectivity index (χ1) is 15.2. The molecule has 8 nitrogen and oxygen atoms in total. The van der Waals surface area contributed by atoms with Crippen LogP contribution in [0.5, 0.6) is 11.5 Å². The molecule has 0 saturated carbocycles. The Morgan fingerprint density at radius 2 is 1.81 bits per heavy atom. The highest BCUT2D eigenvalue weighted by molar-refractivity contribution is 5.98. The normalized spacial score (nSPS) is 13.1. The van der Waals surface area contributed by atoms with Gasteiger partial charge >= 0.3 is 12.1 Å². The summed E-state index contributed by atoms with van der Waals surface area (Å²) in [7, 11) is 2.89. The van der Waals surface area contributed by atoms with E-state index < -0.39 is 23.7 Å². The van der Waals surface area contributed by atoms with E-state index in [1.807, 2.05) is 0 Å². The van der Waals surface area contributed by atoms with Gasteiger partial charge in [-0.05, 0) is 43.2 Å². The van der Waals surface area contributed by atoms with Gasteiger partial charge in [0.2, 0.25) is 0 Å². The second kappa shape index (κ2) is 10.8. The van der Waals surface area contributed by atoms with E-state index in [0.717, 1.165) is 6.20 Å². The average molecular weight is 455 g/mol. The zero-order valence-corrected chi connectivity index (χ0v) is 17.8. The molecule has 0 unspecified atom stereocenters. The lowest BCUT2D eigenvalue weighted by Crippen LogP contribution is -2.73. The van der Waals surface area contributed by atoms with Crippen LogP contribution in [0, 0.1) is 0 Å². The summed E-state index contributed by atoms with van der Waals surface area (Å²) in [5, 5.41) is 3.91. The van der Waals surface area contributed by atoms with Gasteiger partial charge in [0, 0.05) is 18.9 Å². The first-order valence-electron chi connectivity index (χ1n) is 9.61. The fraction of sp³-hybridized carbons (Fsp3) is 0.381. The number of carbonyl (C=O) groups is 2. The van der Waals surface area contributed by atoms with E-state index in [9.17, 15) is 22.8 Å². The molecule has 1 heterocycles. The van der Waals surface area contributed by atoms with Crippen LogP contribution < -0.4 is 20.1 Å². The highest BCUT2D eigenvalue weighted by Crippen LogP contribution is 2.31. The van der Waals surface area contributed by atoms with Crippen molar-refractivity contribution in [3.63, 3.8) is 0 Å². The van der Waals surface area contributed by atoms with Crippen molar-refractivity contribution in [3.8, 4) is 11.5 Å².